The van der Waals surface area contributed by atoms with Crippen molar-refractivity contribution in [2.24, 2.45) is 0 Å². The molecule has 0 amide bonds. The van der Waals surface area contributed by atoms with Gasteiger partial charge in [0.1, 0.15) is 0 Å². The molecular formula is C13H9BrClIN2O2. The van der Waals surface area contributed by atoms with Crippen LogP contribution in [0.25, 0.3) is 0 Å². The lowest BCUT2D eigenvalue weighted by Gasteiger charge is -2.10. The number of hydrogen-bond donors (Lipinski definition) is 1. The predicted molar refractivity (Wildman–Crippen MR) is 92.3 cm³/mol. The van der Waals surface area contributed by atoms with E-state index in [1.807, 2.05) is 18.2 Å². The van der Waals surface area contributed by atoms with Crippen molar-refractivity contribution in [1.29, 1.82) is 0 Å². The molecule has 2 aromatic carbocycles. The molecule has 0 bridgehead atoms. The first-order valence-electron chi connectivity index (χ1n) is 5.59. The van der Waals surface area contributed by atoms with Gasteiger partial charge in [-0.15, -0.1) is 0 Å². The molecule has 4 nitrogen and oxygen atoms in total. The van der Waals surface area contributed by atoms with Gasteiger partial charge in [0.2, 0.25) is 0 Å². The van der Waals surface area contributed by atoms with Crippen molar-refractivity contribution in [3.8, 4) is 0 Å². The van der Waals surface area contributed by atoms with Crippen molar-refractivity contribution < 1.29 is 4.92 Å². The largest absolute Gasteiger partial charge is 0.380 e. The number of rotatable bonds is 4. The maximum atomic E-state index is 10.7. The third kappa shape index (κ3) is 3.83. The molecule has 0 heterocycles. The minimum absolute atomic E-state index is 0.0629. The van der Waals surface area contributed by atoms with Gasteiger partial charge in [-0.2, -0.15) is 0 Å². The van der Waals surface area contributed by atoms with E-state index in [2.05, 4.69) is 43.8 Å². The number of nitrogens with one attached hydrogen (secondary N) is 1. The Balaban J connectivity index is 2.13. The number of halogens is 3. The van der Waals surface area contributed by atoms with Crippen LogP contribution < -0.4 is 5.32 Å². The average Bonchev–Trinajstić information content (AvgIpc) is 2.38. The highest BCUT2D eigenvalue weighted by Gasteiger charge is 2.09. The van der Waals surface area contributed by atoms with Crippen LogP contribution in [0, 0.1) is 13.7 Å². The number of hydrogen-bond acceptors (Lipinski definition) is 3. The van der Waals surface area contributed by atoms with Crippen LogP contribution in [0.4, 0.5) is 11.4 Å². The summed E-state index contributed by atoms with van der Waals surface area (Å²) >= 11 is 11.7. The zero-order valence-electron chi connectivity index (χ0n) is 10.1. The highest BCUT2D eigenvalue weighted by molar-refractivity contribution is 14.1. The van der Waals surface area contributed by atoms with E-state index in [-0.39, 0.29) is 5.69 Å². The van der Waals surface area contributed by atoms with Gasteiger partial charge in [0.25, 0.3) is 5.69 Å². The summed E-state index contributed by atoms with van der Waals surface area (Å²) in [6, 6.07) is 10.4. The zero-order chi connectivity index (χ0) is 14.7. The van der Waals surface area contributed by atoms with Crippen LogP contribution in [-0.2, 0) is 6.54 Å². The summed E-state index contributed by atoms with van der Waals surface area (Å²) in [7, 11) is 0. The van der Waals surface area contributed by atoms with E-state index < -0.39 is 4.92 Å². The summed E-state index contributed by atoms with van der Waals surface area (Å²) in [6.45, 7) is 0.527. The molecule has 0 unspecified atom stereocenters. The van der Waals surface area contributed by atoms with Crippen molar-refractivity contribution in [3.63, 3.8) is 0 Å². The molecule has 0 atom stereocenters. The van der Waals surface area contributed by atoms with Gasteiger partial charge in [-0.25, -0.2) is 0 Å². The molecule has 0 radical (unpaired) electrons. The van der Waals surface area contributed by atoms with Crippen molar-refractivity contribution in [2.75, 3.05) is 5.32 Å². The molecule has 0 saturated heterocycles. The molecule has 0 spiro atoms. The van der Waals surface area contributed by atoms with Crippen LogP contribution in [0.1, 0.15) is 5.56 Å². The zero-order valence-corrected chi connectivity index (χ0v) is 14.6. The van der Waals surface area contributed by atoms with Gasteiger partial charge in [-0.05, 0) is 52.4 Å². The van der Waals surface area contributed by atoms with E-state index in [0.29, 0.717) is 16.0 Å². The Labute approximate surface area is 142 Å². The van der Waals surface area contributed by atoms with Gasteiger partial charge >= 0.3 is 0 Å². The predicted octanol–water partition coefficient (Wildman–Crippen LogP) is 5.23. The second-order valence-corrected chi connectivity index (χ2v) is 6.52. The highest BCUT2D eigenvalue weighted by atomic mass is 127. The highest BCUT2D eigenvalue weighted by Crippen LogP contribution is 2.27. The van der Waals surface area contributed by atoms with E-state index in [1.54, 1.807) is 6.07 Å². The van der Waals surface area contributed by atoms with Crippen LogP contribution in [-0.4, -0.2) is 4.92 Å². The maximum absolute atomic E-state index is 10.7. The number of non-ortho nitro benzene ring substituents is 1. The van der Waals surface area contributed by atoms with Crippen LogP contribution in [0.5, 0.6) is 0 Å². The van der Waals surface area contributed by atoms with Gasteiger partial charge < -0.3 is 5.32 Å². The number of nitrogens with zero attached hydrogens (tertiary/aromatic N) is 1. The molecule has 0 aromatic heterocycles. The summed E-state index contributed by atoms with van der Waals surface area (Å²) in [5, 5.41) is 14.5. The van der Waals surface area contributed by atoms with Crippen LogP contribution in [0.3, 0.4) is 0 Å². The van der Waals surface area contributed by atoms with Crippen LogP contribution in [0.2, 0.25) is 5.02 Å². The van der Waals surface area contributed by atoms with Gasteiger partial charge in [0.05, 0.1) is 15.6 Å². The fourth-order valence-electron chi connectivity index (χ4n) is 1.62. The Morgan fingerprint density at radius 1 is 1.30 bits per heavy atom. The Morgan fingerprint density at radius 2 is 2.05 bits per heavy atom. The second kappa shape index (κ2) is 6.73. The van der Waals surface area contributed by atoms with Crippen molar-refractivity contribution >= 4 is 61.5 Å². The number of nitro groups is 1. The van der Waals surface area contributed by atoms with Gasteiger partial charge in [-0.3, -0.25) is 10.1 Å². The smallest absolute Gasteiger partial charge is 0.270 e. The first kappa shape index (κ1) is 15.5. The molecule has 7 heteroatoms. The Kier molecular flexibility index (Phi) is 5.22. The molecule has 0 aliphatic heterocycles. The van der Waals surface area contributed by atoms with E-state index in [1.165, 1.54) is 12.1 Å². The van der Waals surface area contributed by atoms with E-state index in [0.717, 1.165) is 14.8 Å². The Hall–Kier alpha value is -0.860. The lowest BCUT2D eigenvalue weighted by molar-refractivity contribution is -0.384. The molecule has 2 aromatic rings. The van der Waals surface area contributed by atoms with E-state index >= 15 is 0 Å². The normalized spacial score (nSPS) is 10.3. The molecule has 2 rings (SSSR count). The molecular weight excluding hydrogens is 458 g/mol. The quantitative estimate of drug-likeness (QED) is 0.381. The van der Waals surface area contributed by atoms with E-state index in [9.17, 15) is 10.1 Å². The third-order valence-electron chi connectivity index (χ3n) is 2.65. The Bertz CT molecular complexity index is 667. The average molecular weight is 467 g/mol. The summed E-state index contributed by atoms with van der Waals surface area (Å²) < 4.78 is 1.76. The molecule has 0 aliphatic rings. The van der Waals surface area contributed by atoms with Gasteiger partial charge in [0, 0.05) is 26.7 Å². The fourth-order valence-corrected chi connectivity index (χ4v) is 3.05. The van der Waals surface area contributed by atoms with Crippen LogP contribution in [0.15, 0.2) is 40.9 Å². The monoisotopic (exact) mass is 466 g/mol. The topological polar surface area (TPSA) is 55.2 Å². The summed E-state index contributed by atoms with van der Waals surface area (Å²) in [6.07, 6.45) is 0. The molecule has 104 valence electrons. The summed E-state index contributed by atoms with van der Waals surface area (Å²) in [5.41, 5.74) is 1.82. The van der Waals surface area contributed by atoms with Gasteiger partial charge in [-0.1, -0.05) is 27.5 Å². The minimum atomic E-state index is -0.419. The standard InChI is InChI=1S/C13H9BrClIN2O2/c14-11-6-10(18(19)20)3-1-8(11)7-17-13-4-2-9(16)5-12(13)15/h1-6,17H,7H2. The van der Waals surface area contributed by atoms with Crippen LogP contribution >= 0.6 is 50.1 Å². The summed E-state index contributed by atoms with van der Waals surface area (Å²) in [4.78, 5) is 10.3. The van der Waals surface area contributed by atoms with Crippen molar-refractivity contribution in [3.05, 3.63) is 65.1 Å². The number of nitro benzene ring substituents is 1. The molecule has 20 heavy (non-hydrogen) atoms. The first-order valence-corrected chi connectivity index (χ1v) is 7.84. The lowest BCUT2D eigenvalue weighted by atomic mass is 10.2. The van der Waals surface area contributed by atoms with Crippen molar-refractivity contribution in [2.45, 2.75) is 6.54 Å². The van der Waals surface area contributed by atoms with Crippen molar-refractivity contribution in [1.82, 2.24) is 0 Å². The second-order valence-electron chi connectivity index (χ2n) is 4.01. The SMILES string of the molecule is O=[N+]([O-])c1ccc(CNc2ccc(I)cc2Cl)c(Br)c1. The molecule has 1 N–H and O–H groups in total. The minimum Gasteiger partial charge on any atom is -0.380 e. The molecule has 0 fully saturated rings. The molecule has 0 aliphatic carbocycles. The van der Waals surface area contributed by atoms with E-state index in [4.69, 9.17) is 11.6 Å². The Morgan fingerprint density at radius 3 is 2.65 bits per heavy atom. The van der Waals surface area contributed by atoms with Gasteiger partial charge in [0.15, 0.2) is 0 Å². The fraction of sp³-hybridized carbons (Fsp3) is 0.0769. The maximum Gasteiger partial charge on any atom is 0.270 e. The number of benzene rings is 2. The first-order chi connectivity index (χ1) is 9.47. The third-order valence-corrected chi connectivity index (χ3v) is 4.37. The molecule has 0 saturated carbocycles. The summed E-state index contributed by atoms with van der Waals surface area (Å²) in [5.74, 6) is 0. The lowest BCUT2D eigenvalue weighted by Crippen LogP contribution is -2.01. The number of anilines is 1.